The molecule has 6 heteroatoms. The summed E-state index contributed by atoms with van der Waals surface area (Å²) in [6.07, 6.45) is 2.26. The molecule has 1 aromatic heterocycles. The molecule has 1 aliphatic rings. The zero-order valence-corrected chi connectivity index (χ0v) is 11.8. The number of anilines is 1. The van der Waals surface area contributed by atoms with E-state index in [1.165, 1.54) is 6.07 Å². The monoisotopic (exact) mass is 281 g/mol. The largest absolute Gasteiger partial charge is 0.393 e. The van der Waals surface area contributed by atoms with Crippen LogP contribution in [0.2, 0.25) is 0 Å². The van der Waals surface area contributed by atoms with Gasteiger partial charge in [-0.05, 0) is 31.7 Å². The lowest BCUT2D eigenvalue weighted by Crippen LogP contribution is -2.41. The van der Waals surface area contributed by atoms with Crippen LogP contribution in [0, 0.1) is 11.7 Å². The third-order valence-corrected chi connectivity index (χ3v) is 3.83. The van der Waals surface area contributed by atoms with E-state index in [0.29, 0.717) is 18.9 Å². The van der Waals surface area contributed by atoms with Gasteiger partial charge in [-0.3, -0.25) is 4.79 Å². The van der Waals surface area contributed by atoms with Crippen molar-refractivity contribution in [2.75, 3.05) is 25.5 Å². The van der Waals surface area contributed by atoms with Gasteiger partial charge in [0.25, 0.3) is 5.91 Å². The number of nitrogens with one attached hydrogen (secondary N) is 1. The first-order valence-electron chi connectivity index (χ1n) is 6.83. The predicted octanol–water partition coefficient (Wildman–Crippen LogP) is 1.50. The number of pyridine rings is 1. The van der Waals surface area contributed by atoms with E-state index in [2.05, 4.69) is 10.3 Å². The molecule has 110 valence electrons. The number of piperidine rings is 1. The van der Waals surface area contributed by atoms with Crippen molar-refractivity contribution in [1.82, 2.24) is 9.88 Å². The maximum absolute atomic E-state index is 13.3. The van der Waals surface area contributed by atoms with Gasteiger partial charge in [-0.15, -0.1) is 0 Å². The predicted molar refractivity (Wildman–Crippen MR) is 74.1 cm³/mol. The van der Waals surface area contributed by atoms with Crippen LogP contribution < -0.4 is 5.32 Å². The van der Waals surface area contributed by atoms with Crippen LogP contribution in [0.15, 0.2) is 12.3 Å². The Morgan fingerprint density at radius 2 is 2.20 bits per heavy atom. The third kappa shape index (κ3) is 3.07. The minimum atomic E-state index is -0.522. The van der Waals surface area contributed by atoms with Gasteiger partial charge in [0.05, 0.1) is 17.9 Å². The van der Waals surface area contributed by atoms with E-state index in [1.54, 1.807) is 18.9 Å². The molecule has 5 nitrogen and oxygen atoms in total. The number of aromatic nitrogens is 1. The summed E-state index contributed by atoms with van der Waals surface area (Å²) in [6, 6.07) is 1.21. The molecule has 0 saturated carbocycles. The highest BCUT2D eigenvalue weighted by molar-refractivity contribution is 5.98. The van der Waals surface area contributed by atoms with Crippen molar-refractivity contribution in [2.45, 2.75) is 25.9 Å². The van der Waals surface area contributed by atoms with E-state index in [0.717, 1.165) is 19.0 Å². The quantitative estimate of drug-likeness (QED) is 0.881. The van der Waals surface area contributed by atoms with Crippen molar-refractivity contribution >= 4 is 11.7 Å². The van der Waals surface area contributed by atoms with Gasteiger partial charge in [0.1, 0.15) is 11.6 Å². The number of aliphatic hydroxyl groups is 1. The van der Waals surface area contributed by atoms with E-state index in [-0.39, 0.29) is 23.5 Å². The average molecular weight is 281 g/mol. The van der Waals surface area contributed by atoms with Gasteiger partial charge in [-0.1, -0.05) is 0 Å². The normalized spacial score (nSPS) is 17.9. The van der Waals surface area contributed by atoms with Gasteiger partial charge in [0, 0.05) is 20.1 Å². The minimum Gasteiger partial charge on any atom is -0.393 e. The molecular formula is C14H20FN3O2. The summed E-state index contributed by atoms with van der Waals surface area (Å²) >= 11 is 0. The topological polar surface area (TPSA) is 65.5 Å². The Labute approximate surface area is 117 Å². The lowest BCUT2D eigenvalue weighted by molar-refractivity contribution is 0.0521. The number of rotatable bonds is 3. The van der Waals surface area contributed by atoms with E-state index in [4.69, 9.17) is 0 Å². The molecule has 20 heavy (non-hydrogen) atoms. The number of hydrogen-bond donors (Lipinski definition) is 2. The fourth-order valence-electron chi connectivity index (χ4n) is 2.56. The smallest absolute Gasteiger partial charge is 0.257 e. The van der Waals surface area contributed by atoms with Crippen LogP contribution in [-0.4, -0.2) is 47.1 Å². The maximum atomic E-state index is 13.3. The number of likely N-dealkylation sites (tertiary alicyclic amines) is 1. The van der Waals surface area contributed by atoms with Crippen molar-refractivity contribution in [3.8, 4) is 0 Å². The molecule has 0 bridgehead atoms. The molecule has 1 aromatic rings. The number of amides is 1. The molecule has 1 saturated heterocycles. The lowest BCUT2D eigenvalue weighted by Gasteiger charge is -2.33. The van der Waals surface area contributed by atoms with Crippen LogP contribution in [0.1, 0.15) is 30.1 Å². The summed E-state index contributed by atoms with van der Waals surface area (Å²) in [5.41, 5.74) is 0.253. The molecule has 0 aliphatic carbocycles. The second-order valence-electron chi connectivity index (χ2n) is 5.17. The standard InChI is InChI=1S/C14H20FN3O2/c1-9(19)10-3-5-18(6-4-10)14(20)12-7-11(15)8-17-13(12)16-2/h7-10,19H,3-6H2,1-2H3,(H,16,17). The SMILES string of the molecule is CNc1ncc(F)cc1C(=O)N1CCC(C(C)O)CC1. The summed E-state index contributed by atoms with van der Waals surface area (Å²) in [6.45, 7) is 2.93. The Balaban J connectivity index is 2.11. The van der Waals surface area contributed by atoms with Crippen LogP contribution in [-0.2, 0) is 0 Å². The lowest BCUT2D eigenvalue weighted by atomic mass is 9.92. The molecule has 1 unspecified atom stereocenters. The molecule has 0 spiro atoms. The highest BCUT2D eigenvalue weighted by Gasteiger charge is 2.27. The van der Waals surface area contributed by atoms with E-state index in [9.17, 15) is 14.3 Å². The van der Waals surface area contributed by atoms with Gasteiger partial charge >= 0.3 is 0 Å². The number of halogens is 1. The molecular weight excluding hydrogens is 261 g/mol. The number of hydrogen-bond acceptors (Lipinski definition) is 4. The van der Waals surface area contributed by atoms with Crippen LogP contribution in [0.5, 0.6) is 0 Å². The van der Waals surface area contributed by atoms with Crippen molar-refractivity contribution in [3.05, 3.63) is 23.6 Å². The zero-order chi connectivity index (χ0) is 14.7. The van der Waals surface area contributed by atoms with Crippen molar-refractivity contribution < 1.29 is 14.3 Å². The molecule has 1 aliphatic heterocycles. The first kappa shape index (κ1) is 14.7. The number of carbonyl (C=O) groups excluding carboxylic acids is 1. The summed E-state index contributed by atoms with van der Waals surface area (Å²) in [5.74, 6) is -0.126. The van der Waals surface area contributed by atoms with E-state index >= 15 is 0 Å². The number of aliphatic hydroxyl groups excluding tert-OH is 1. The fraction of sp³-hybridized carbons (Fsp3) is 0.571. The molecule has 0 aromatic carbocycles. The van der Waals surface area contributed by atoms with Crippen LogP contribution in [0.4, 0.5) is 10.2 Å². The number of carbonyl (C=O) groups is 1. The molecule has 2 rings (SSSR count). The minimum absolute atomic E-state index is 0.217. The third-order valence-electron chi connectivity index (χ3n) is 3.83. The van der Waals surface area contributed by atoms with E-state index < -0.39 is 5.82 Å². The van der Waals surface area contributed by atoms with Gasteiger partial charge in [-0.25, -0.2) is 9.37 Å². The molecule has 1 fully saturated rings. The van der Waals surface area contributed by atoms with E-state index in [1.807, 2.05) is 0 Å². The molecule has 2 N–H and O–H groups in total. The molecule has 1 atom stereocenters. The second kappa shape index (κ2) is 6.17. The Morgan fingerprint density at radius 3 is 2.75 bits per heavy atom. The van der Waals surface area contributed by atoms with Gasteiger partial charge in [0.2, 0.25) is 0 Å². The van der Waals surface area contributed by atoms with Crippen molar-refractivity contribution in [2.24, 2.45) is 5.92 Å². The first-order valence-corrected chi connectivity index (χ1v) is 6.83. The Bertz CT molecular complexity index is 485. The summed E-state index contributed by atoms with van der Waals surface area (Å²) in [7, 11) is 1.65. The van der Waals surface area contributed by atoms with Gasteiger partial charge < -0.3 is 15.3 Å². The summed E-state index contributed by atoms with van der Waals surface area (Å²) in [5, 5.41) is 12.4. The molecule has 2 heterocycles. The van der Waals surface area contributed by atoms with Crippen LogP contribution in [0.3, 0.4) is 0 Å². The van der Waals surface area contributed by atoms with Crippen LogP contribution in [0.25, 0.3) is 0 Å². The Morgan fingerprint density at radius 1 is 1.55 bits per heavy atom. The van der Waals surface area contributed by atoms with Crippen molar-refractivity contribution in [3.63, 3.8) is 0 Å². The maximum Gasteiger partial charge on any atom is 0.257 e. The highest BCUT2D eigenvalue weighted by atomic mass is 19.1. The van der Waals surface area contributed by atoms with Crippen LogP contribution >= 0.6 is 0 Å². The molecule has 0 radical (unpaired) electrons. The summed E-state index contributed by atoms with van der Waals surface area (Å²) < 4.78 is 13.3. The average Bonchev–Trinajstić information content (AvgIpc) is 2.46. The Hall–Kier alpha value is -1.69. The van der Waals surface area contributed by atoms with Crippen molar-refractivity contribution in [1.29, 1.82) is 0 Å². The zero-order valence-electron chi connectivity index (χ0n) is 11.8. The number of nitrogens with zero attached hydrogens (tertiary/aromatic N) is 2. The fourth-order valence-corrected chi connectivity index (χ4v) is 2.56. The first-order chi connectivity index (χ1) is 9.52. The summed E-state index contributed by atoms with van der Waals surface area (Å²) in [4.78, 5) is 18.0. The molecule has 1 amide bonds. The highest BCUT2D eigenvalue weighted by Crippen LogP contribution is 2.23. The van der Waals surface area contributed by atoms with Gasteiger partial charge in [0.15, 0.2) is 0 Å². The van der Waals surface area contributed by atoms with Gasteiger partial charge in [-0.2, -0.15) is 0 Å². The Kier molecular flexibility index (Phi) is 4.54. The second-order valence-corrected chi connectivity index (χ2v) is 5.17.